The molecule has 1 fully saturated rings. The summed E-state index contributed by atoms with van der Waals surface area (Å²) < 4.78 is 52.3. The van der Waals surface area contributed by atoms with Crippen LogP contribution in [0.4, 0.5) is 13.2 Å². The van der Waals surface area contributed by atoms with Crippen molar-refractivity contribution in [1.29, 1.82) is 0 Å². The Morgan fingerprint density at radius 3 is 2.39 bits per heavy atom. The predicted molar refractivity (Wildman–Crippen MR) is 171 cm³/mol. The lowest BCUT2D eigenvalue weighted by Crippen LogP contribution is -2.56. The first kappa shape index (κ1) is 38.6. The number of piperazine rings is 1. The molecule has 0 saturated carbocycles. The van der Waals surface area contributed by atoms with Crippen molar-refractivity contribution in [2.45, 2.75) is 60.1 Å². The van der Waals surface area contributed by atoms with Crippen LogP contribution in [-0.4, -0.2) is 78.8 Å². The zero-order chi connectivity index (χ0) is 33.2. The maximum absolute atomic E-state index is 14.8. The van der Waals surface area contributed by atoms with E-state index >= 15 is 0 Å². The molecule has 2 unspecified atom stereocenters. The molecule has 1 aromatic heterocycles. The Morgan fingerprint density at radius 1 is 1.02 bits per heavy atom. The molecule has 1 aliphatic heterocycles. The van der Waals surface area contributed by atoms with Crippen LogP contribution in [0.15, 0.2) is 48.7 Å². The van der Waals surface area contributed by atoms with Crippen molar-refractivity contribution in [2.75, 3.05) is 46.9 Å². The molecule has 0 amide bonds. The highest BCUT2D eigenvalue weighted by atomic mass is 19.1. The molecule has 0 radical (unpaired) electrons. The van der Waals surface area contributed by atoms with Crippen molar-refractivity contribution >= 4 is 22.9 Å². The van der Waals surface area contributed by atoms with Crippen molar-refractivity contribution in [3.8, 4) is 5.75 Å². The van der Waals surface area contributed by atoms with Crippen LogP contribution in [0.5, 0.6) is 5.75 Å². The maximum atomic E-state index is 14.8. The van der Waals surface area contributed by atoms with Gasteiger partial charge in [0.1, 0.15) is 29.2 Å². The largest absolute Gasteiger partial charge is 0.497 e. The Balaban J connectivity index is 0.00000152. The van der Waals surface area contributed by atoms with Crippen LogP contribution in [0.2, 0.25) is 0 Å². The Morgan fingerprint density at radius 2 is 1.73 bits per heavy atom. The molecule has 2 aromatic carbocycles. The van der Waals surface area contributed by atoms with Gasteiger partial charge in [-0.15, -0.1) is 0 Å². The lowest BCUT2D eigenvalue weighted by Gasteiger charge is -2.39. The molecule has 1 N–H and O–H groups in total. The third-order valence-corrected chi connectivity index (χ3v) is 6.76. The van der Waals surface area contributed by atoms with Gasteiger partial charge in [-0.1, -0.05) is 53.7 Å². The summed E-state index contributed by atoms with van der Waals surface area (Å²) in [5, 5.41) is 11.4. The fourth-order valence-corrected chi connectivity index (χ4v) is 4.71. The number of hydrogen-bond donors (Lipinski definition) is 1. The third kappa shape index (κ3) is 10.6. The van der Waals surface area contributed by atoms with Gasteiger partial charge < -0.3 is 14.6 Å². The summed E-state index contributed by atoms with van der Waals surface area (Å²) in [6.45, 7) is 14.2. The predicted octanol–water partition coefficient (Wildman–Crippen LogP) is 7.04. The van der Waals surface area contributed by atoms with Crippen molar-refractivity contribution in [3.05, 3.63) is 77.2 Å². The molecule has 1 aliphatic rings. The number of aromatic nitrogens is 1. The molecular weight excluding hydrogens is 571 g/mol. The first-order valence-electron chi connectivity index (χ1n) is 15.3. The average molecular weight is 620 g/mol. The minimum atomic E-state index is -1.13. The summed E-state index contributed by atoms with van der Waals surface area (Å²) in [5.74, 6) is -1.56. The number of esters is 1. The molecule has 3 aromatic rings. The number of halogens is 3. The number of rotatable bonds is 9. The van der Waals surface area contributed by atoms with E-state index in [9.17, 15) is 23.1 Å². The quantitative estimate of drug-likeness (QED) is 0.258. The second kappa shape index (κ2) is 20.5. The van der Waals surface area contributed by atoms with Gasteiger partial charge in [-0.05, 0) is 42.8 Å². The molecule has 7 nitrogen and oxygen atoms in total. The minimum absolute atomic E-state index is 0.136. The number of benzene rings is 2. The molecule has 2 atom stereocenters. The topological polar surface area (TPSA) is 75.1 Å². The van der Waals surface area contributed by atoms with Crippen LogP contribution >= 0.6 is 0 Å². The minimum Gasteiger partial charge on any atom is -0.497 e. The standard InChI is InChI=1S/C28H30F3N3O4.3C2H6/c1-37-20-6-8-24-21(15-20)27(23(31)16-32-24)26(35)9-11-34-13-12-33(17-25(34)28(36)38-2)10-3-4-18-14-19(29)5-7-22(18)30;3*1-2/h3-8,14-16,25-26,35H,9-13,17H2,1-2H3;3*1-2H3/b4-3+;;;. The van der Waals surface area contributed by atoms with E-state index in [0.29, 0.717) is 49.4 Å². The van der Waals surface area contributed by atoms with E-state index in [1.165, 1.54) is 20.3 Å². The van der Waals surface area contributed by atoms with E-state index in [1.807, 2.05) is 51.3 Å². The van der Waals surface area contributed by atoms with E-state index in [1.54, 1.807) is 24.3 Å². The molecule has 2 heterocycles. The lowest BCUT2D eigenvalue weighted by atomic mass is 10.00. The molecule has 244 valence electrons. The first-order chi connectivity index (χ1) is 21.3. The first-order valence-corrected chi connectivity index (χ1v) is 15.3. The second-order valence-electron chi connectivity index (χ2n) is 9.11. The zero-order valence-corrected chi connectivity index (χ0v) is 27.2. The van der Waals surface area contributed by atoms with E-state index in [0.717, 1.165) is 24.4 Å². The summed E-state index contributed by atoms with van der Waals surface area (Å²) in [6.07, 6.45) is 3.37. The van der Waals surface area contributed by atoms with Crippen molar-refractivity contribution < 1.29 is 32.5 Å². The lowest BCUT2D eigenvalue weighted by molar-refractivity contribution is -0.149. The van der Waals surface area contributed by atoms with Gasteiger partial charge in [0.15, 0.2) is 0 Å². The average Bonchev–Trinajstić information content (AvgIpc) is 3.07. The van der Waals surface area contributed by atoms with Crippen LogP contribution in [0.25, 0.3) is 17.0 Å². The number of methoxy groups -OCH3 is 2. The summed E-state index contributed by atoms with van der Waals surface area (Å²) >= 11 is 0. The molecule has 1 saturated heterocycles. The van der Waals surface area contributed by atoms with E-state index in [-0.39, 0.29) is 17.5 Å². The van der Waals surface area contributed by atoms with Gasteiger partial charge in [0.05, 0.1) is 32.0 Å². The number of pyridine rings is 1. The van der Waals surface area contributed by atoms with Crippen molar-refractivity contribution in [2.24, 2.45) is 0 Å². The van der Waals surface area contributed by atoms with E-state index in [4.69, 9.17) is 9.47 Å². The molecule has 0 aliphatic carbocycles. The Labute approximate surface area is 260 Å². The van der Waals surface area contributed by atoms with Crippen molar-refractivity contribution in [1.82, 2.24) is 14.8 Å². The number of carbonyl (C=O) groups is 1. The normalized spacial score (nSPS) is 15.7. The van der Waals surface area contributed by atoms with Crippen molar-refractivity contribution in [3.63, 3.8) is 0 Å². The van der Waals surface area contributed by atoms with Gasteiger partial charge in [0, 0.05) is 49.2 Å². The monoisotopic (exact) mass is 619 g/mol. The van der Waals surface area contributed by atoms with Gasteiger partial charge in [-0.25, -0.2) is 13.2 Å². The fourth-order valence-electron chi connectivity index (χ4n) is 4.71. The second-order valence-corrected chi connectivity index (χ2v) is 9.11. The van der Waals surface area contributed by atoms with Gasteiger partial charge in [0.25, 0.3) is 0 Å². The van der Waals surface area contributed by atoms with Gasteiger partial charge in [-0.3, -0.25) is 19.6 Å². The summed E-state index contributed by atoms with van der Waals surface area (Å²) in [5.41, 5.74) is 0.820. The highest BCUT2D eigenvalue weighted by molar-refractivity contribution is 5.84. The van der Waals surface area contributed by atoms with E-state index < -0.39 is 35.6 Å². The van der Waals surface area contributed by atoms with E-state index in [2.05, 4.69) is 4.98 Å². The smallest absolute Gasteiger partial charge is 0.324 e. The number of aliphatic hydroxyl groups is 1. The number of aliphatic hydroxyl groups excluding tert-OH is 1. The molecule has 0 spiro atoms. The number of hydrogen-bond acceptors (Lipinski definition) is 7. The molecular formula is C34H48F3N3O4. The Bertz CT molecular complexity index is 1320. The number of nitrogens with zero attached hydrogens (tertiary/aromatic N) is 3. The number of carbonyl (C=O) groups excluding carboxylic acids is 1. The summed E-state index contributed by atoms with van der Waals surface area (Å²) in [6, 6.07) is 7.72. The number of fused-ring (bicyclic) bond motifs is 1. The van der Waals surface area contributed by atoms with Crippen LogP contribution in [0, 0.1) is 17.5 Å². The van der Waals surface area contributed by atoms with Crippen LogP contribution < -0.4 is 4.74 Å². The Kier molecular flexibility index (Phi) is 17.9. The van der Waals surface area contributed by atoms with Crippen LogP contribution in [0.3, 0.4) is 0 Å². The van der Waals surface area contributed by atoms with Gasteiger partial charge >= 0.3 is 5.97 Å². The molecule has 44 heavy (non-hydrogen) atoms. The van der Waals surface area contributed by atoms with Crippen LogP contribution in [0.1, 0.15) is 65.2 Å². The zero-order valence-electron chi connectivity index (χ0n) is 27.2. The fraction of sp³-hybridized carbons (Fsp3) is 0.471. The SMILES string of the molecule is CC.CC.CC.COC(=O)C1CN(C/C=C/c2cc(F)ccc2F)CCN1CCC(O)c1c(F)cnc2ccc(OC)cc12. The number of ether oxygens (including phenoxy) is 2. The summed E-state index contributed by atoms with van der Waals surface area (Å²) in [4.78, 5) is 20.6. The van der Waals surface area contributed by atoms with Gasteiger partial charge in [0.2, 0.25) is 0 Å². The summed E-state index contributed by atoms with van der Waals surface area (Å²) in [7, 11) is 2.82. The third-order valence-electron chi connectivity index (χ3n) is 6.76. The maximum Gasteiger partial charge on any atom is 0.324 e. The van der Waals surface area contributed by atoms with Crippen LogP contribution in [-0.2, 0) is 9.53 Å². The highest BCUT2D eigenvalue weighted by Crippen LogP contribution is 2.31. The molecule has 0 bridgehead atoms. The molecule has 4 rings (SSSR count). The Hall–Kier alpha value is -3.47. The molecule has 10 heteroatoms. The highest BCUT2D eigenvalue weighted by Gasteiger charge is 2.33. The van der Waals surface area contributed by atoms with Gasteiger partial charge in [-0.2, -0.15) is 0 Å².